The summed E-state index contributed by atoms with van der Waals surface area (Å²) >= 11 is 0. The van der Waals surface area contributed by atoms with Crippen LogP contribution in [0.1, 0.15) is 106 Å². The van der Waals surface area contributed by atoms with Crippen LogP contribution in [0, 0.1) is 51.8 Å². The molecule has 4 aliphatic rings. The summed E-state index contributed by atoms with van der Waals surface area (Å²) < 4.78 is 0. The third kappa shape index (κ3) is 3.50. The van der Waals surface area contributed by atoms with Crippen molar-refractivity contribution in [2.45, 2.75) is 106 Å². The lowest BCUT2D eigenvalue weighted by Gasteiger charge is -2.59. The average Bonchev–Trinajstić information content (AvgIpc) is 3.01. The molecule has 0 spiro atoms. The van der Waals surface area contributed by atoms with Crippen molar-refractivity contribution in [1.29, 1.82) is 0 Å². The van der Waals surface area contributed by atoms with E-state index in [0.717, 1.165) is 31.1 Å². The van der Waals surface area contributed by atoms with Crippen LogP contribution in [-0.2, 0) is 9.59 Å². The molecule has 0 aliphatic heterocycles. The van der Waals surface area contributed by atoms with Crippen LogP contribution in [0.15, 0.2) is 11.6 Å². The fourth-order valence-corrected chi connectivity index (χ4v) is 9.08. The number of hydrogen-bond acceptors (Lipinski definition) is 2. The summed E-state index contributed by atoms with van der Waals surface area (Å²) in [5, 5.41) is 0. The van der Waals surface area contributed by atoms with Gasteiger partial charge in [-0.25, -0.2) is 0 Å². The van der Waals surface area contributed by atoms with Gasteiger partial charge in [0.25, 0.3) is 0 Å². The molecule has 0 saturated heterocycles. The van der Waals surface area contributed by atoms with E-state index in [2.05, 4.69) is 54.5 Å². The molecule has 0 heterocycles. The zero-order valence-electron chi connectivity index (χ0n) is 21.2. The molecule has 0 aromatic carbocycles. The summed E-state index contributed by atoms with van der Waals surface area (Å²) in [4.78, 5) is 26.6. The van der Waals surface area contributed by atoms with Gasteiger partial charge in [0.05, 0.1) is 0 Å². The van der Waals surface area contributed by atoms with E-state index >= 15 is 0 Å². The van der Waals surface area contributed by atoms with Gasteiger partial charge in [-0.05, 0) is 80.0 Å². The van der Waals surface area contributed by atoms with Gasteiger partial charge in [-0.15, -0.1) is 0 Å². The molecule has 0 aromatic heterocycles. The lowest BCUT2D eigenvalue weighted by molar-refractivity contribution is -0.148. The van der Waals surface area contributed by atoms with Crippen molar-refractivity contribution in [2.24, 2.45) is 51.8 Å². The molecule has 0 amide bonds. The largest absolute Gasteiger partial charge is 0.299 e. The van der Waals surface area contributed by atoms with Crippen LogP contribution in [-0.4, -0.2) is 11.6 Å². The summed E-state index contributed by atoms with van der Waals surface area (Å²) in [6.45, 7) is 16.1. The smallest absolute Gasteiger partial charge is 0.142 e. The molecule has 7 atom stereocenters. The summed E-state index contributed by atoms with van der Waals surface area (Å²) in [6.07, 6.45) is 12.2. The Morgan fingerprint density at radius 2 is 1.74 bits per heavy atom. The molecule has 4 rings (SSSR count). The van der Waals surface area contributed by atoms with Gasteiger partial charge in [0.15, 0.2) is 0 Å². The van der Waals surface area contributed by atoms with Crippen molar-refractivity contribution in [1.82, 2.24) is 0 Å². The van der Waals surface area contributed by atoms with Gasteiger partial charge in [-0.3, -0.25) is 9.59 Å². The molecule has 174 valence electrons. The van der Waals surface area contributed by atoms with Crippen LogP contribution in [0.3, 0.4) is 0 Å². The Balaban J connectivity index is 1.60. The van der Waals surface area contributed by atoms with Gasteiger partial charge in [0.2, 0.25) is 0 Å². The van der Waals surface area contributed by atoms with Gasteiger partial charge in [0.1, 0.15) is 11.6 Å². The standard InChI is InChI=1S/C29H46O2/c1-18(2)9-8-10-19(3)21-12-13-22-20-11-14-24-27(4,5)25(31)15-16-28(24,6)26(20)23(30)17-29(21,22)7/h14,18-22,26H,8-13,15-17H2,1-7H3/t19-,20+,21-,22+,26-,28+,29-/m1/s1. The SMILES string of the molecule is CC(C)CCC[C@@H](C)[C@H]1CC[C@H]2[C@@H]3CC=C4C(C)(C)C(=O)CC[C@]4(C)[C@H]3C(=O)C[C@]12C. The first kappa shape index (κ1) is 23.2. The maximum atomic E-state index is 13.9. The lowest BCUT2D eigenvalue weighted by atomic mass is 9.44. The Kier molecular flexibility index (Phi) is 5.88. The van der Waals surface area contributed by atoms with Gasteiger partial charge in [-0.1, -0.05) is 65.5 Å². The third-order valence-electron chi connectivity index (χ3n) is 10.6. The average molecular weight is 427 g/mol. The van der Waals surface area contributed by atoms with E-state index < -0.39 is 5.41 Å². The van der Waals surface area contributed by atoms with Crippen LogP contribution in [0.4, 0.5) is 0 Å². The minimum Gasteiger partial charge on any atom is -0.299 e. The Labute approximate surface area is 191 Å². The minimum absolute atomic E-state index is 0.111. The van der Waals surface area contributed by atoms with E-state index in [1.165, 1.54) is 37.7 Å². The molecular formula is C29H46O2. The van der Waals surface area contributed by atoms with Crippen molar-refractivity contribution in [2.75, 3.05) is 0 Å². The zero-order chi connectivity index (χ0) is 22.8. The number of fused-ring (bicyclic) bond motifs is 5. The van der Waals surface area contributed by atoms with Crippen molar-refractivity contribution >= 4 is 11.6 Å². The Bertz CT molecular complexity index is 774. The fourth-order valence-electron chi connectivity index (χ4n) is 9.08. The molecule has 2 nitrogen and oxygen atoms in total. The maximum absolute atomic E-state index is 13.9. The number of rotatable bonds is 5. The summed E-state index contributed by atoms with van der Waals surface area (Å²) in [6, 6.07) is 0. The monoisotopic (exact) mass is 426 g/mol. The van der Waals surface area contributed by atoms with Crippen LogP contribution in [0.5, 0.6) is 0 Å². The predicted molar refractivity (Wildman–Crippen MR) is 128 cm³/mol. The topological polar surface area (TPSA) is 34.1 Å². The highest BCUT2D eigenvalue weighted by atomic mass is 16.1. The highest BCUT2D eigenvalue weighted by Crippen LogP contribution is 2.67. The molecule has 3 fully saturated rings. The summed E-state index contributed by atoms with van der Waals surface area (Å²) in [7, 11) is 0. The minimum atomic E-state index is -0.401. The third-order valence-corrected chi connectivity index (χ3v) is 10.6. The first-order valence-corrected chi connectivity index (χ1v) is 13.2. The number of carbonyl (C=O) groups excluding carboxylic acids is 2. The van der Waals surface area contributed by atoms with Crippen LogP contribution >= 0.6 is 0 Å². The Morgan fingerprint density at radius 1 is 1.03 bits per heavy atom. The number of carbonyl (C=O) groups is 2. The molecule has 0 aromatic rings. The molecule has 4 aliphatic carbocycles. The molecular weight excluding hydrogens is 380 g/mol. The number of allylic oxidation sites excluding steroid dienone is 2. The van der Waals surface area contributed by atoms with Crippen molar-refractivity contribution in [3.8, 4) is 0 Å². The van der Waals surface area contributed by atoms with E-state index in [4.69, 9.17) is 0 Å². The Hall–Kier alpha value is -0.920. The van der Waals surface area contributed by atoms with Gasteiger partial charge in [0, 0.05) is 24.2 Å². The highest BCUT2D eigenvalue weighted by molar-refractivity contribution is 5.91. The molecule has 31 heavy (non-hydrogen) atoms. The van der Waals surface area contributed by atoms with Gasteiger partial charge < -0.3 is 0 Å². The number of Topliss-reactive ketones (excluding diaryl/α,β-unsaturated/α-hetero) is 2. The van der Waals surface area contributed by atoms with Gasteiger partial charge in [-0.2, -0.15) is 0 Å². The summed E-state index contributed by atoms with van der Waals surface area (Å²) in [5.41, 5.74) is 0.949. The van der Waals surface area contributed by atoms with Crippen molar-refractivity contribution in [3.63, 3.8) is 0 Å². The van der Waals surface area contributed by atoms with Crippen LogP contribution < -0.4 is 0 Å². The molecule has 3 saturated carbocycles. The van der Waals surface area contributed by atoms with Crippen molar-refractivity contribution in [3.05, 3.63) is 11.6 Å². The number of ketones is 2. The van der Waals surface area contributed by atoms with E-state index in [-0.39, 0.29) is 16.7 Å². The second kappa shape index (κ2) is 7.84. The second-order valence-corrected chi connectivity index (χ2v) is 13.2. The number of hydrogen-bond donors (Lipinski definition) is 0. The molecule has 0 unspecified atom stereocenters. The van der Waals surface area contributed by atoms with E-state index in [1.807, 2.05) is 0 Å². The normalized spacial score (nSPS) is 42.6. The van der Waals surface area contributed by atoms with Crippen molar-refractivity contribution < 1.29 is 9.59 Å². The first-order valence-electron chi connectivity index (χ1n) is 13.2. The molecule has 2 heteroatoms. The molecule has 0 N–H and O–H groups in total. The van der Waals surface area contributed by atoms with E-state index in [9.17, 15) is 9.59 Å². The first-order chi connectivity index (χ1) is 14.4. The summed E-state index contributed by atoms with van der Waals surface area (Å²) in [5.74, 6) is 4.36. The second-order valence-electron chi connectivity index (χ2n) is 13.2. The molecule has 0 bridgehead atoms. The van der Waals surface area contributed by atoms with E-state index in [1.54, 1.807) is 0 Å². The zero-order valence-corrected chi connectivity index (χ0v) is 21.2. The highest BCUT2D eigenvalue weighted by Gasteiger charge is 2.63. The fraction of sp³-hybridized carbons (Fsp3) is 0.862. The van der Waals surface area contributed by atoms with Gasteiger partial charge >= 0.3 is 0 Å². The molecule has 0 radical (unpaired) electrons. The van der Waals surface area contributed by atoms with Crippen LogP contribution in [0.25, 0.3) is 0 Å². The predicted octanol–water partition coefficient (Wildman–Crippen LogP) is 7.41. The quantitative estimate of drug-likeness (QED) is 0.429. The van der Waals surface area contributed by atoms with E-state index in [0.29, 0.717) is 35.7 Å². The van der Waals surface area contributed by atoms with Crippen LogP contribution in [0.2, 0.25) is 0 Å². The Morgan fingerprint density at radius 3 is 2.42 bits per heavy atom. The maximum Gasteiger partial charge on any atom is 0.142 e. The lowest BCUT2D eigenvalue weighted by Crippen LogP contribution is -2.57.